The maximum Gasteiger partial charge on any atom is 0.309 e. The van der Waals surface area contributed by atoms with Crippen LogP contribution in [0.25, 0.3) is 0 Å². The summed E-state index contributed by atoms with van der Waals surface area (Å²) < 4.78 is 10.0. The van der Waals surface area contributed by atoms with Crippen molar-refractivity contribution >= 4 is 11.9 Å². The van der Waals surface area contributed by atoms with Gasteiger partial charge >= 0.3 is 11.9 Å². The van der Waals surface area contributed by atoms with Crippen molar-refractivity contribution in [3.8, 4) is 0 Å². The second-order valence-corrected chi connectivity index (χ2v) is 6.26. The van der Waals surface area contributed by atoms with Crippen molar-refractivity contribution in [2.24, 2.45) is 5.92 Å². The molecule has 0 saturated heterocycles. The monoisotopic (exact) mass is 328 g/mol. The van der Waals surface area contributed by atoms with Gasteiger partial charge in [0.25, 0.3) is 0 Å². The van der Waals surface area contributed by atoms with E-state index in [4.69, 9.17) is 9.47 Å². The highest BCUT2D eigenvalue weighted by Gasteiger charge is 2.18. The SMILES string of the molecule is CCCCCCCCCCCCOC(=O)C(C)CC(=O)OCC. The fourth-order valence-electron chi connectivity index (χ4n) is 2.46. The predicted molar refractivity (Wildman–Crippen MR) is 93.2 cm³/mol. The van der Waals surface area contributed by atoms with Crippen LogP contribution >= 0.6 is 0 Å². The lowest BCUT2D eigenvalue weighted by molar-refractivity contribution is -0.154. The topological polar surface area (TPSA) is 52.6 Å². The van der Waals surface area contributed by atoms with Crippen LogP contribution in [0.1, 0.15) is 91.4 Å². The molecule has 0 aliphatic carbocycles. The number of hydrogen-bond acceptors (Lipinski definition) is 4. The van der Waals surface area contributed by atoms with Crippen LogP contribution in [0.15, 0.2) is 0 Å². The molecule has 0 N–H and O–H groups in total. The molecular formula is C19H36O4. The highest BCUT2D eigenvalue weighted by molar-refractivity contribution is 5.79. The molecule has 0 aromatic rings. The van der Waals surface area contributed by atoms with E-state index in [-0.39, 0.29) is 18.4 Å². The second kappa shape index (κ2) is 15.8. The van der Waals surface area contributed by atoms with Crippen molar-refractivity contribution in [3.63, 3.8) is 0 Å². The van der Waals surface area contributed by atoms with Crippen molar-refractivity contribution in [2.45, 2.75) is 91.4 Å². The summed E-state index contributed by atoms with van der Waals surface area (Å²) in [7, 11) is 0. The predicted octanol–water partition coefficient (Wildman–Crippen LogP) is 5.04. The van der Waals surface area contributed by atoms with Crippen LogP contribution in [0.5, 0.6) is 0 Å². The summed E-state index contributed by atoms with van der Waals surface area (Å²) in [6, 6.07) is 0. The van der Waals surface area contributed by atoms with E-state index in [2.05, 4.69) is 6.92 Å². The molecule has 0 fully saturated rings. The van der Waals surface area contributed by atoms with Crippen molar-refractivity contribution < 1.29 is 19.1 Å². The number of carbonyl (C=O) groups excluding carboxylic acids is 2. The Hall–Kier alpha value is -1.06. The van der Waals surface area contributed by atoms with Gasteiger partial charge in [-0.3, -0.25) is 9.59 Å². The zero-order valence-corrected chi connectivity index (χ0v) is 15.4. The molecule has 0 saturated carbocycles. The third kappa shape index (κ3) is 14.3. The molecule has 0 aromatic carbocycles. The summed E-state index contributed by atoms with van der Waals surface area (Å²) in [5.74, 6) is -1.05. The van der Waals surface area contributed by atoms with Crippen molar-refractivity contribution in [1.82, 2.24) is 0 Å². The maximum absolute atomic E-state index is 11.7. The van der Waals surface area contributed by atoms with Crippen molar-refractivity contribution in [2.75, 3.05) is 13.2 Å². The second-order valence-electron chi connectivity index (χ2n) is 6.26. The molecule has 0 amide bonds. The molecule has 0 heterocycles. The van der Waals surface area contributed by atoms with Gasteiger partial charge in [-0.1, -0.05) is 71.6 Å². The largest absolute Gasteiger partial charge is 0.466 e. The van der Waals surface area contributed by atoms with E-state index < -0.39 is 5.92 Å². The number of carbonyl (C=O) groups is 2. The lowest BCUT2D eigenvalue weighted by atomic mass is 10.1. The Balaban J connectivity index is 3.40. The first-order valence-corrected chi connectivity index (χ1v) is 9.44. The van der Waals surface area contributed by atoms with Gasteiger partial charge in [0.2, 0.25) is 0 Å². The minimum absolute atomic E-state index is 0.102. The first-order chi connectivity index (χ1) is 11.1. The van der Waals surface area contributed by atoms with Crippen LogP contribution in [0.2, 0.25) is 0 Å². The standard InChI is InChI=1S/C19H36O4/c1-4-6-7-8-9-10-11-12-13-14-15-23-19(21)17(3)16-18(20)22-5-2/h17H,4-16H2,1-3H3. The number of ether oxygens (including phenoxy) is 2. The van der Waals surface area contributed by atoms with Crippen LogP contribution in [0.4, 0.5) is 0 Å². The molecular weight excluding hydrogens is 292 g/mol. The van der Waals surface area contributed by atoms with Crippen LogP contribution in [0, 0.1) is 5.92 Å². The summed E-state index contributed by atoms with van der Waals surface area (Å²) in [6.45, 7) is 6.51. The number of rotatable bonds is 15. The van der Waals surface area contributed by atoms with E-state index in [1.54, 1.807) is 13.8 Å². The van der Waals surface area contributed by atoms with E-state index in [1.807, 2.05) is 0 Å². The summed E-state index contributed by atoms with van der Waals surface area (Å²) in [5, 5.41) is 0. The zero-order chi connectivity index (χ0) is 17.3. The van der Waals surface area contributed by atoms with Gasteiger partial charge in [-0.2, -0.15) is 0 Å². The third-order valence-corrected chi connectivity index (χ3v) is 3.92. The Morgan fingerprint density at radius 3 is 1.83 bits per heavy atom. The van der Waals surface area contributed by atoms with Gasteiger partial charge in [-0.05, 0) is 13.3 Å². The van der Waals surface area contributed by atoms with Crippen LogP contribution in [-0.2, 0) is 19.1 Å². The summed E-state index contributed by atoms with van der Waals surface area (Å²) in [5.41, 5.74) is 0. The van der Waals surface area contributed by atoms with E-state index >= 15 is 0 Å². The smallest absolute Gasteiger partial charge is 0.309 e. The number of hydrogen-bond donors (Lipinski definition) is 0. The van der Waals surface area contributed by atoms with Gasteiger partial charge in [-0.15, -0.1) is 0 Å². The molecule has 0 spiro atoms. The molecule has 23 heavy (non-hydrogen) atoms. The van der Waals surface area contributed by atoms with Gasteiger partial charge in [-0.25, -0.2) is 0 Å². The van der Waals surface area contributed by atoms with Gasteiger partial charge in [0.15, 0.2) is 0 Å². The van der Waals surface area contributed by atoms with Crippen LogP contribution in [-0.4, -0.2) is 25.2 Å². The first kappa shape index (κ1) is 21.9. The molecule has 4 heteroatoms. The molecule has 1 atom stereocenters. The Labute approximate surface area is 142 Å². The van der Waals surface area contributed by atoms with E-state index in [9.17, 15) is 9.59 Å². The van der Waals surface area contributed by atoms with Crippen LogP contribution < -0.4 is 0 Å². The Kier molecular flexibility index (Phi) is 15.1. The molecule has 0 radical (unpaired) electrons. The molecule has 0 aromatic heterocycles. The minimum Gasteiger partial charge on any atom is -0.466 e. The quantitative estimate of drug-likeness (QED) is 0.312. The number of unbranched alkanes of at least 4 members (excludes halogenated alkanes) is 9. The Bertz CT molecular complexity index is 302. The van der Waals surface area contributed by atoms with Gasteiger partial charge in [0.1, 0.15) is 0 Å². The fraction of sp³-hybridized carbons (Fsp3) is 0.895. The zero-order valence-electron chi connectivity index (χ0n) is 15.4. The molecule has 0 rings (SSSR count). The fourth-order valence-corrected chi connectivity index (χ4v) is 2.46. The molecule has 4 nitrogen and oxygen atoms in total. The van der Waals surface area contributed by atoms with Crippen molar-refractivity contribution in [1.29, 1.82) is 0 Å². The van der Waals surface area contributed by atoms with Crippen LogP contribution in [0.3, 0.4) is 0 Å². The summed E-state index contributed by atoms with van der Waals surface area (Å²) in [6.07, 6.45) is 12.7. The highest BCUT2D eigenvalue weighted by Crippen LogP contribution is 2.11. The van der Waals surface area contributed by atoms with Crippen molar-refractivity contribution in [3.05, 3.63) is 0 Å². The minimum atomic E-state index is -0.419. The summed E-state index contributed by atoms with van der Waals surface area (Å²) >= 11 is 0. The Morgan fingerprint density at radius 1 is 0.783 bits per heavy atom. The molecule has 0 aliphatic heterocycles. The molecule has 1 unspecified atom stereocenters. The maximum atomic E-state index is 11.7. The van der Waals surface area contributed by atoms with E-state index in [0.717, 1.165) is 12.8 Å². The average Bonchev–Trinajstić information content (AvgIpc) is 2.52. The van der Waals surface area contributed by atoms with Gasteiger partial charge in [0.05, 0.1) is 25.6 Å². The molecule has 136 valence electrons. The van der Waals surface area contributed by atoms with E-state index in [0.29, 0.717) is 13.2 Å². The van der Waals surface area contributed by atoms with Gasteiger partial charge in [0, 0.05) is 0 Å². The average molecular weight is 328 g/mol. The Morgan fingerprint density at radius 2 is 1.30 bits per heavy atom. The van der Waals surface area contributed by atoms with Gasteiger partial charge < -0.3 is 9.47 Å². The highest BCUT2D eigenvalue weighted by atomic mass is 16.5. The first-order valence-electron chi connectivity index (χ1n) is 9.44. The number of esters is 2. The third-order valence-electron chi connectivity index (χ3n) is 3.92. The summed E-state index contributed by atoms with van der Waals surface area (Å²) in [4.78, 5) is 23.0. The normalized spacial score (nSPS) is 12.0. The lowest BCUT2D eigenvalue weighted by Gasteiger charge is -2.10. The lowest BCUT2D eigenvalue weighted by Crippen LogP contribution is -2.20. The van der Waals surface area contributed by atoms with E-state index in [1.165, 1.54) is 51.4 Å². The molecule has 0 aliphatic rings. The molecule has 0 bridgehead atoms.